The quantitative estimate of drug-likeness (QED) is 0.153. The van der Waals surface area contributed by atoms with Gasteiger partial charge in [0, 0.05) is 17.3 Å². The first-order valence-corrected chi connectivity index (χ1v) is 12.9. The maximum Gasteiger partial charge on any atom is 0.324 e. The van der Waals surface area contributed by atoms with Gasteiger partial charge in [0.05, 0.1) is 21.4 Å². The molecule has 6 nitrogen and oxygen atoms in total. The average Bonchev–Trinajstić information content (AvgIpc) is 3.32. The highest BCUT2D eigenvalue weighted by Crippen LogP contribution is 2.28. The minimum atomic E-state index is -1.17. The molecular weight excluding hydrogens is 474 g/mol. The highest BCUT2D eigenvalue weighted by atomic mass is 32.1. The van der Waals surface area contributed by atoms with E-state index < -0.39 is 23.9 Å². The summed E-state index contributed by atoms with van der Waals surface area (Å²) in [5.41, 5.74) is 1.33. The van der Waals surface area contributed by atoms with E-state index in [9.17, 15) is 9.59 Å². The Morgan fingerprint density at radius 3 is 2.20 bits per heavy atom. The van der Waals surface area contributed by atoms with Gasteiger partial charge in [-0.05, 0) is 29.3 Å². The molecular formula is C27H25N3O3SSi. The molecule has 2 aromatic heterocycles. The minimum absolute atomic E-state index is 0.260. The van der Waals surface area contributed by atoms with Gasteiger partial charge < -0.3 is 4.74 Å². The Bertz CT molecular complexity index is 1280. The van der Waals surface area contributed by atoms with Crippen molar-refractivity contribution in [1.29, 1.82) is 0 Å². The van der Waals surface area contributed by atoms with Crippen molar-refractivity contribution in [3.05, 3.63) is 120 Å². The smallest absolute Gasteiger partial charge is 0.324 e. The third-order valence-corrected chi connectivity index (χ3v) is 7.14. The van der Waals surface area contributed by atoms with Crippen LogP contribution in [0.5, 0.6) is 0 Å². The highest BCUT2D eigenvalue weighted by molar-refractivity contribution is 7.19. The predicted molar refractivity (Wildman–Crippen MR) is 142 cm³/mol. The molecule has 2 aromatic carbocycles. The molecule has 1 amide bonds. The van der Waals surface area contributed by atoms with Crippen molar-refractivity contribution >= 4 is 43.9 Å². The highest BCUT2D eigenvalue weighted by Gasteiger charge is 2.36. The number of amides is 1. The topological polar surface area (TPSA) is 72.4 Å². The van der Waals surface area contributed by atoms with Crippen LogP contribution < -0.4 is 9.53 Å². The maximum atomic E-state index is 14.1. The van der Waals surface area contributed by atoms with E-state index in [4.69, 9.17) is 4.74 Å². The van der Waals surface area contributed by atoms with Crippen molar-refractivity contribution in [2.45, 2.75) is 18.6 Å². The standard InChI is InChI=1S/C27H25N3O3SSi/c1-2-22(19-11-5-3-6-12-19)33-26(32)24(20-13-7-4-8-14-20)25(31)30(23-15-9-10-16-28-23)18-21-17-29-27(35)34-21/h2-17,22,24H,1,18H2,35H3. The van der Waals surface area contributed by atoms with Crippen molar-refractivity contribution in [3.63, 3.8) is 0 Å². The van der Waals surface area contributed by atoms with Crippen LogP contribution in [0.3, 0.4) is 0 Å². The lowest BCUT2D eigenvalue weighted by Crippen LogP contribution is -2.39. The Labute approximate surface area is 211 Å². The first-order chi connectivity index (χ1) is 17.1. The van der Waals surface area contributed by atoms with Crippen LogP contribution in [0.15, 0.2) is 104 Å². The molecule has 4 aromatic rings. The Kier molecular flexibility index (Phi) is 7.97. The molecule has 0 fully saturated rings. The number of carbonyl (C=O) groups is 2. The van der Waals surface area contributed by atoms with Crippen LogP contribution in [0, 0.1) is 0 Å². The van der Waals surface area contributed by atoms with Gasteiger partial charge in [0.25, 0.3) is 0 Å². The Hall–Kier alpha value is -3.88. The molecule has 2 unspecified atom stereocenters. The zero-order valence-electron chi connectivity index (χ0n) is 19.3. The molecule has 2 atom stereocenters. The van der Waals surface area contributed by atoms with E-state index in [1.807, 2.05) is 42.5 Å². The Balaban J connectivity index is 1.70. The number of rotatable bonds is 9. The Morgan fingerprint density at radius 1 is 0.971 bits per heavy atom. The first-order valence-electron chi connectivity index (χ1n) is 11.1. The third kappa shape index (κ3) is 5.98. The summed E-state index contributed by atoms with van der Waals surface area (Å²) in [6.07, 6.45) is 4.27. The summed E-state index contributed by atoms with van der Waals surface area (Å²) < 4.78 is 6.87. The van der Waals surface area contributed by atoms with E-state index in [1.54, 1.807) is 66.2 Å². The fourth-order valence-electron chi connectivity index (χ4n) is 3.69. The predicted octanol–water partition coefficient (Wildman–Crippen LogP) is 3.32. The lowest BCUT2D eigenvalue weighted by atomic mass is 9.97. The number of thiazole rings is 1. The van der Waals surface area contributed by atoms with E-state index in [-0.39, 0.29) is 6.54 Å². The molecule has 4 rings (SSSR count). The van der Waals surface area contributed by atoms with Crippen molar-refractivity contribution in [1.82, 2.24) is 9.97 Å². The number of esters is 1. The summed E-state index contributed by atoms with van der Waals surface area (Å²) in [7, 11) is 0.826. The average molecular weight is 500 g/mol. The molecule has 0 aliphatic rings. The molecule has 0 aliphatic heterocycles. The van der Waals surface area contributed by atoms with Crippen molar-refractivity contribution < 1.29 is 14.3 Å². The van der Waals surface area contributed by atoms with Crippen LogP contribution in [0.4, 0.5) is 5.82 Å². The van der Waals surface area contributed by atoms with Crippen molar-refractivity contribution in [2.75, 3.05) is 4.90 Å². The molecule has 176 valence electrons. The normalized spacial score (nSPS) is 12.5. The molecule has 0 saturated carbocycles. The van der Waals surface area contributed by atoms with Crippen LogP contribution in [0.1, 0.15) is 28.0 Å². The van der Waals surface area contributed by atoms with Crippen LogP contribution in [0.2, 0.25) is 0 Å². The molecule has 0 bridgehead atoms. The number of hydrogen-bond acceptors (Lipinski definition) is 6. The van der Waals surface area contributed by atoms with E-state index >= 15 is 0 Å². The van der Waals surface area contributed by atoms with E-state index in [1.165, 1.54) is 4.90 Å². The van der Waals surface area contributed by atoms with Gasteiger partial charge in [-0.25, -0.2) is 4.98 Å². The molecule has 0 aliphatic carbocycles. The summed E-state index contributed by atoms with van der Waals surface area (Å²) >= 11 is 1.56. The van der Waals surface area contributed by atoms with E-state index in [0.29, 0.717) is 11.4 Å². The summed E-state index contributed by atoms with van der Waals surface area (Å²) in [6.45, 7) is 4.08. The molecule has 0 radical (unpaired) electrons. The Morgan fingerprint density at radius 2 is 1.63 bits per heavy atom. The molecule has 0 N–H and O–H groups in total. The molecule has 0 spiro atoms. The SMILES string of the molecule is C=CC(OC(=O)C(C(=O)N(Cc1cnc([SiH3])s1)c1ccccn1)c1ccccc1)c1ccccc1. The van der Waals surface area contributed by atoms with Gasteiger partial charge in [0.2, 0.25) is 5.91 Å². The zero-order valence-corrected chi connectivity index (χ0v) is 22.1. The van der Waals surface area contributed by atoms with Gasteiger partial charge >= 0.3 is 5.97 Å². The van der Waals surface area contributed by atoms with Gasteiger partial charge in [0.1, 0.15) is 11.9 Å². The number of benzene rings is 2. The summed E-state index contributed by atoms with van der Waals surface area (Å²) in [6, 6.07) is 23.6. The van der Waals surface area contributed by atoms with Gasteiger partial charge in [-0.15, -0.1) is 11.3 Å². The molecule has 8 heteroatoms. The van der Waals surface area contributed by atoms with E-state index in [0.717, 1.165) is 25.3 Å². The number of aromatic nitrogens is 2. The number of carbonyl (C=O) groups excluding carboxylic acids is 2. The second-order valence-corrected chi connectivity index (χ2v) is 10.8. The van der Waals surface area contributed by atoms with Gasteiger partial charge in [-0.1, -0.05) is 73.3 Å². The van der Waals surface area contributed by atoms with Gasteiger partial charge in [0.15, 0.2) is 5.92 Å². The second kappa shape index (κ2) is 11.5. The molecule has 35 heavy (non-hydrogen) atoms. The minimum Gasteiger partial charge on any atom is -0.452 e. The summed E-state index contributed by atoms with van der Waals surface area (Å²) in [5, 5.41) is 0. The number of pyridine rings is 1. The first kappa shape index (κ1) is 24.2. The summed E-state index contributed by atoms with van der Waals surface area (Å²) in [5.74, 6) is -1.78. The summed E-state index contributed by atoms with van der Waals surface area (Å²) in [4.78, 5) is 38.8. The monoisotopic (exact) mass is 499 g/mol. The lowest BCUT2D eigenvalue weighted by molar-refractivity contribution is -0.151. The van der Waals surface area contributed by atoms with Crippen LogP contribution in [-0.2, 0) is 20.9 Å². The lowest BCUT2D eigenvalue weighted by Gasteiger charge is -2.26. The fourth-order valence-corrected chi connectivity index (χ4v) is 5.39. The fraction of sp³-hybridized carbons (Fsp3) is 0.111. The van der Waals surface area contributed by atoms with E-state index in [2.05, 4.69) is 16.5 Å². The third-order valence-electron chi connectivity index (χ3n) is 5.38. The van der Waals surface area contributed by atoms with Crippen molar-refractivity contribution in [2.24, 2.45) is 0 Å². The zero-order chi connectivity index (χ0) is 24.6. The maximum absolute atomic E-state index is 14.1. The van der Waals surface area contributed by atoms with Crippen molar-refractivity contribution in [3.8, 4) is 0 Å². The van der Waals surface area contributed by atoms with Crippen LogP contribution >= 0.6 is 11.3 Å². The van der Waals surface area contributed by atoms with Gasteiger partial charge in [-0.2, -0.15) is 0 Å². The number of hydrogen-bond donors (Lipinski definition) is 0. The largest absolute Gasteiger partial charge is 0.452 e. The second-order valence-electron chi connectivity index (χ2n) is 7.81. The number of anilines is 1. The molecule has 0 saturated heterocycles. The number of ether oxygens (including phenoxy) is 1. The van der Waals surface area contributed by atoms with Crippen LogP contribution in [-0.4, -0.2) is 32.1 Å². The number of nitrogens with zero attached hydrogens (tertiary/aromatic N) is 3. The van der Waals surface area contributed by atoms with Crippen LogP contribution in [0.25, 0.3) is 0 Å². The van der Waals surface area contributed by atoms with Gasteiger partial charge in [-0.3, -0.25) is 19.5 Å². The molecule has 2 heterocycles.